The van der Waals surface area contributed by atoms with Gasteiger partial charge in [0, 0.05) is 12.8 Å². The van der Waals surface area contributed by atoms with Gasteiger partial charge in [-0.2, -0.15) is 0 Å². The second-order valence-corrected chi connectivity index (χ2v) is 10.0. The van der Waals surface area contributed by atoms with Gasteiger partial charge in [-0.25, -0.2) is 17.6 Å². The van der Waals surface area contributed by atoms with Gasteiger partial charge in [-0.1, -0.05) is 30.4 Å². The zero-order chi connectivity index (χ0) is 19.1. The highest BCUT2D eigenvalue weighted by Crippen LogP contribution is 2.41. The standard InChI is InChI=1S/C7H5F2.2C6H5F2.Al/c1-5-2-3-6(8)4-7(5)9;2*7-5-2-1-3-6(8)4-5;/h2-3H,1H3;2*1-3H,4H2;. The van der Waals surface area contributed by atoms with E-state index in [4.69, 9.17) is 0 Å². The fraction of sp³-hybridized carbons (Fsp3) is 0.263. The fourth-order valence-electron chi connectivity index (χ4n) is 3.60. The monoisotopic (exact) mass is 384 g/mol. The quantitative estimate of drug-likeness (QED) is 0.503. The zero-order valence-corrected chi connectivity index (χ0v) is 15.0. The van der Waals surface area contributed by atoms with Crippen LogP contribution in [0.1, 0.15) is 18.4 Å². The summed E-state index contributed by atoms with van der Waals surface area (Å²) in [6.07, 6.45) is 4.33. The van der Waals surface area contributed by atoms with Crippen molar-refractivity contribution in [3.05, 3.63) is 77.4 Å². The molecule has 1 aromatic rings. The number of benzene rings is 1. The highest BCUT2D eigenvalue weighted by molar-refractivity contribution is 6.79. The molecule has 0 saturated heterocycles. The van der Waals surface area contributed by atoms with Crippen molar-refractivity contribution in [2.45, 2.75) is 28.8 Å². The van der Waals surface area contributed by atoms with E-state index in [1.54, 1.807) is 0 Å². The lowest BCUT2D eigenvalue weighted by atomic mass is 10.1. The van der Waals surface area contributed by atoms with Gasteiger partial charge in [0.2, 0.25) is 0 Å². The van der Waals surface area contributed by atoms with E-state index < -0.39 is 63.8 Å². The Balaban J connectivity index is 2.24. The van der Waals surface area contributed by atoms with Crippen LogP contribution in [-0.2, 0) is 0 Å². The van der Waals surface area contributed by atoms with Gasteiger partial charge in [-0.05, 0) is 35.1 Å². The number of hydrogen-bond acceptors (Lipinski definition) is 0. The normalized spacial score (nSPS) is 28.0. The Morgan fingerprint density at radius 1 is 0.846 bits per heavy atom. The van der Waals surface area contributed by atoms with E-state index in [1.165, 1.54) is 6.92 Å². The molecule has 0 N–H and O–H groups in total. The summed E-state index contributed by atoms with van der Waals surface area (Å²) in [6.45, 7) is 1.34. The molecule has 0 bridgehead atoms. The van der Waals surface area contributed by atoms with Crippen molar-refractivity contribution in [3.8, 4) is 0 Å². The SMILES string of the molecule is Cc1ccc(F)[c]([Al]([C]2(F)C=CC=C(F)C2)[C]2(F)C=CC=C(F)C2)c1F. The first-order valence-electron chi connectivity index (χ1n) is 8.06. The van der Waals surface area contributed by atoms with E-state index in [0.29, 0.717) is 0 Å². The minimum Gasteiger partial charge on any atom is -0.256 e. The predicted molar refractivity (Wildman–Crippen MR) is 90.1 cm³/mol. The largest absolute Gasteiger partial charge is 0.433 e. The van der Waals surface area contributed by atoms with Gasteiger partial charge in [0.05, 0.1) is 9.06 Å². The van der Waals surface area contributed by atoms with Crippen LogP contribution in [0.5, 0.6) is 0 Å². The smallest absolute Gasteiger partial charge is 0.256 e. The third-order valence-electron chi connectivity index (χ3n) is 4.75. The first-order valence-corrected chi connectivity index (χ1v) is 9.79. The first-order chi connectivity index (χ1) is 12.2. The first kappa shape index (κ1) is 19.1. The Morgan fingerprint density at radius 2 is 1.35 bits per heavy atom. The molecule has 2 aliphatic rings. The number of hydrogen-bond donors (Lipinski definition) is 0. The molecule has 0 radical (unpaired) electrons. The average molecular weight is 384 g/mol. The molecule has 0 aliphatic heterocycles. The van der Waals surface area contributed by atoms with Crippen molar-refractivity contribution in [1.82, 2.24) is 0 Å². The molecule has 136 valence electrons. The van der Waals surface area contributed by atoms with E-state index in [0.717, 1.165) is 48.6 Å². The maximum Gasteiger partial charge on any atom is 0.433 e. The minimum atomic E-state index is -3.99. The Morgan fingerprint density at radius 3 is 1.81 bits per heavy atom. The van der Waals surface area contributed by atoms with Crippen molar-refractivity contribution in [1.29, 1.82) is 0 Å². The summed E-state index contributed by atoms with van der Waals surface area (Å²) in [6, 6.07) is 2.09. The molecular weight excluding hydrogens is 369 g/mol. The summed E-state index contributed by atoms with van der Waals surface area (Å²) in [5.74, 6) is -3.89. The predicted octanol–water partition coefficient (Wildman–Crippen LogP) is 5.10. The molecule has 0 heterocycles. The van der Waals surface area contributed by atoms with Crippen LogP contribution in [-0.4, -0.2) is 23.2 Å². The molecule has 0 fully saturated rings. The summed E-state index contributed by atoms with van der Waals surface area (Å²) < 4.78 is 82.4. The molecular formula is C19H15AlF6. The number of rotatable bonds is 3. The molecule has 2 aliphatic carbocycles. The fourth-order valence-corrected chi connectivity index (χ4v) is 7.61. The molecule has 26 heavy (non-hydrogen) atoms. The molecule has 2 atom stereocenters. The van der Waals surface area contributed by atoms with Gasteiger partial charge in [-0.3, -0.25) is 8.78 Å². The molecule has 0 saturated carbocycles. The highest BCUT2D eigenvalue weighted by Gasteiger charge is 2.60. The molecule has 0 spiro atoms. The number of allylic oxidation sites excluding steroid dienone is 8. The Hall–Kier alpha value is -1.71. The third kappa shape index (κ3) is 3.31. The van der Waals surface area contributed by atoms with Crippen molar-refractivity contribution < 1.29 is 26.3 Å². The maximum atomic E-state index is 15.8. The molecule has 3 rings (SSSR count). The van der Waals surface area contributed by atoms with Gasteiger partial charge < -0.3 is 0 Å². The number of alkyl halides is 2. The van der Waals surface area contributed by atoms with Crippen LogP contribution in [0.3, 0.4) is 0 Å². The molecule has 7 heteroatoms. The highest BCUT2D eigenvalue weighted by atomic mass is 27.2. The van der Waals surface area contributed by atoms with E-state index >= 15 is 8.78 Å². The Kier molecular flexibility index (Phi) is 4.98. The topological polar surface area (TPSA) is 0 Å². The van der Waals surface area contributed by atoms with Crippen LogP contribution >= 0.6 is 0 Å². The van der Waals surface area contributed by atoms with Gasteiger partial charge >= 0.3 is 14.1 Å². The molecule has 0 aromatic heterocycles. The van der Waals surface area contributed by atoms with Crippen molar-refractivity contribution >= 4 is 18.6 Å². The molecule has 2 unspecified atom stereocenters. The second-order valence-electron chi connectivity index (χ2n) is 6.68. The molecule has 0 nitrogen and oxygen atoms in total. The number of aryl methyl sites for hydroxylation is 1. The van der Waals surface area contributed by atoms with E-state index in [1.807, 2.05) is 0 Å². The average Bonchev–Trinajstić information content (AvgIpc) is 2.54. The van der Waals surface area contributed by atoms with E-state index in [2.05, 4.69) is 0 Å². The maximum absolute atomic E-state index is 15.8. The van der Waals surface area contributed by atoms with Crippen LogP contribution in [0, 0.1) is 18.6 Å². The van der Waals surface area contributed by atoms with Gasteiger partial charge in [0.1, 0.15) is 23.3 Å². The van der Waals surface area contributed by atoms with Crippen LogP contribution < -0.4 is 4.43 Å². The van der Waals surface area contributed by atoms with Crippen LogP contribution in [0.4, 0.5) is 26.3 Å². The lowest BCUT2D eigenvalue weighted by molar-refractivity contribution is 0.258. The minimum absolute atomic E-state index is 0.0118. The molecule has 1 aromatic carbocycles. The van der Waals surface area contributed by atoms with Crippen molar-refractivity contribution in [2.24, 2.45) is 0 Å². The van der Waals surface area contributed by atoms with Gasteiger partial charge in [0.25, 0.3) is 0 Å². The summed E-state index contributed by atoms with van der Waals surface area (Å²) in [5.41, 5.74) is 0.0118. The van der Waals surface area contributed by atoms with Crippen LogP contribution in [0.2, 0.25) is 0 Å². The van der Waals surface area contributed by atoms with Crippen molar-refractivity contribution in [3.63, 3.8) is 0 Å². The zero-order valence-electron chi connectivity index (χ0n) is 13.9. The van der Waals surface area contributed by atoms with Crippen LogP contribution in [0.25, 0.3) is 0 Å². The Bertz CT molecular complexity index is 814. The van der Waals surface area contributed by atoms with Crippen molar-refractivity contribution in [2.75, 3.05) is 0 Å². The third-order valence-corrected chi connectivity index (χ3v) is 8.57. The summed E-state index contributed by atoms with van der Waals surface area (Å²) >= 11 is -3.99. The lowest BCUT2D eigenvalue weighted by Crippen LogP contribution is -2.64. The Labute approximate surface area is 151 Å². The van der Waals surface area contributed by atoms with Gasteiger partial charge in [0.15, 0.2) is 0 Å². The van der Waals surface area contributed by atoms with Gasteiger partial charge in [-0.15, -0.1) is 0 Å². The summed E-state index contributed by atoms with van der Waals surface area (Å²) in [7, 11) is 0. The molecule has 0 amide bonds. The van der Waals surface area contributed by atoms with E-state index in [-0.39, 0.29) is 5.56 Å². The summed E-state index contributed by atoms with van der Waals surface area (Å²) in [4.78, 5) is 0. The lowest BCUT2D eigenvalue weighted by Gasteiger charge is -2.38. The van der Waals surface area contributed by atoms with E-state index in [9.17, 15) is 17.6 Å². The second kappa shape index (κ2) is 6.79. The summed E-state index contributed by atoms with van der Waals surface area (Å²) in [5, 5.41) is 0. The number of halogens is 6. The van der Waals surface area contributed by atoms with Crippen LogP contribution in [0.15, 0.2) is 60.2 Å².